The van der Waals surface area contributed by atoms with Gasteiger partial charge in [-0.25, -0.2) is 4.68 Å². The number of non-ortho nitro benzene ring substituents is 1. The van der Waals surface area contributed by atoms with Crippen LogP contribution in [0.25, 0.3) is 11.4 Å². The molecule has 128 valence electrons. The first-order chi connectivity index (χ1) is 12.0. The van der Waals surface area contributed by atoms with Crippen molar-refractivity contribution in [3.05, 3.63) is 68.2 Å². The van der Waals surface area contributed by atoms with E-state index in [1.807, 2.05) is 0 Å². The van der Waals surface area contributed by atoms with Crippen LogP contribution in [0.1, 0.15) is 5.56 Å². The molecule has 0 unspecified atom stereocenters. The predicted molar refractivity (Wildman–Crippen MR) is 98.3 cm³/mol. The number of nitrogens with zero attached hydrogens (tertiary/aromatic N) is 4. The van der Waals surface area contributed by atoms with Gasteiger partial charge in [0.25, 0.3) is 5.69 Å². The first kappa shape index (κ1) is 17.5. The number of hydrogen-bond donors (Lipinski definition) is 1. The van der Waals surface area contributed by atoms with E-state index in [4.69, 9.17) is 29.0 Å². The van der Waals surface area contributed by atoms with E-state index in [0.29, 0.717) is 32.3 Å². The fraction of sp³-hybridized carbons (Fsp3) is 0.0667. The van der Waals surface area contributed by atoms with E-state index in [1.165, 1.54) is 28.6 Å². The molecule has 0 aliphatic carbocycles. The summed E-state index contributed by atoms with van der Waals surface area (Å²) in [6.07, 6.45) is 0. The molecule has 0 aliphatic heterocycles. The highest BCUT2D eigenvalue weighted by molar-refractivity contribution is 7.98. The van der Waals surface area contributed by atoms with Crippen LogP contribution in [0.3, 0.4) is 0 Å². The molecule has 25 heavy (non-hydrogen) atoms. The summed E-state index contributed by atoms with van der Waals surface area (Å²) in [6, 6.07) is 11.4. The quantitative estimate of drug-likeness (QED) is 0.301. The largest absolute Gasteiger partial charge is 0.335 e. The highest BCUT2D eigenvalue weighted by Gasteiger charge is 2.15. The van der Waals surface area contributed by atoms with Crippen LogP contribution in [0.2, 0.25) is 10.0 Å². The Kier molecular flexibility index (Phi) is 5.12. The number of nitro benzene ring substituents is 1. The van der Waals surface area contributed by atoms with Crippen LogP contribution in [0.4, 0.5) is 5.69 Å². The fourth-order valence-corrected chi connectivity index (χ4v) is 3.43. The van der Waals surface area contributed by atoms with Crippen LogP contribution in [-0.2, 0) is 5.75 Å². The lowest BCUT2D eigenvalue weighted by Gasteiger charge is -2.06. The molecule has 0 saturated heterocycles. The number of benzene rings is 2. The second kappa shape index (κ2) is 7.30. The van der Waals surface area contributed by atoms with Gasteiger partial charge in [0.1, 0.15) is 0 Å². The Morgan fingerprint density at radius 1 is 1.20 bits per heavy atom. The Morgan fingerprint density at radius 2 is 2.00 bits per heavy atom. The third-order valence-corrected chi connectivity index (χ3v) is 4.89. The SMILES string of the molecule is Nn1c(SCc2cccc([N+](=O)[O-])c2)nnc1-c1ccc(Cl)cc1Cl. The summed E-state index contributed by atoms with van der Waals surface area (Å²) in [5.74, 6) is 6.92. The Balaban J connectivity index is 1.80. The van der Waals surface area contributed by atoms with Crippen molar-refractivity contribution >= 4 is 40.7 Å². The third kappa shape index (κ3) is 3.87. The van der Waals surface area contributed by atoms with Crippen LogP contribution in [-0.4, -0.2) is 19.8 Å². The summed E-state index contributed by atoms with van der Waals surface area (Å²) in [6.45, 7) is 0. The van der Waals surface area contributed by atoms with E-state index in [2.05, 4.69) is 10.2 Å². The summed E-state index contributed by atoms with van der Waals surface area (Å²) < 4.78 is 1.33. The molecule has 2 aromatic carbocycles. The lowest BCUT2D eigenvalue weighted by molar-refractivity contribution is -0.384. The van der Waals surface area contributed by atoms with Crippen molar-refractivity contribution in [2.24, 2.45) is 0 Å². The van der Waals surface area contributed by atoms with Crippen molar-refractivity contribution in [3.63, 3.8) is 0 Å². The van der Waals surface area contributed by atoms with Gasteiger partial charge < -0.3 is 5.84 Å². The lowest BCUT2D eigenvalue weighted by Crippen LogP contribution is -2.11. The van der Waals surface area contributed by atoms with Gasteiger partial charge in [-0.1, -0.05) is 47.1 Å². The molecule has 7 nitrogen and oxygen atoms in total. The standard InChI is InChI=1S/C15H11Cl2N5O2S/c16-10-4-5-12(13(17)7-10)14-19-20-15(21(14)18)25-8-9-2-1-3-11(6-9)22(23)24/h1-7H,8,18H2. The minimum absolute atomic E-state index is 0.0425. The van der Waals surface area contributed by atoms with Gasteiger partial charge in [-0.15, -0.1) is 10.2 Å². The van der Waals surface area contributed by atoms with Crippen LogP contribution in [0, 0.1) is 10.1 Å². The normalized spacial score (nSPS) is 10.8. The van der Waals surface area contributed by atoms with Gasteiger partial charge in [-0.2, -0.15) is 0 Å². The van der Waals surface area contributed by atoms with Crippen molar-refractivity contribution in [2.75, 3.05) is 5.84 Å². The van der Waals surface area contributed by atoms with E-state index in [1.54, 1.807) is 30.3 Å². The van der Waals surface area contributed by atoms with Crippen molar-refractivity contribution in [1.29, 1.82) is 0 Å². The van der Waals surface area contributed by atoms with Crippen LogP contribution >= 0.6 is 35.0 Å². The Morgan fingerprint density at radius 3 is 2.72 bits per heavy atom. The Labute approximate surface area is 156 Å². The van der Waals surface area contributed by atoms with Crippen molar-refractivity contribution in [2.45, 2.75) is 10.9 Å². The number of hydrogen-bond acceptors (Lipinski definition) is 6. The van der Waals surface area contributed by atoms with Gasteiger partial charge in [0.2, 0.25) is 5.16 Å². The minimum atomic E-state index is -0.430. The molecule has 3 aromatic rings. The molecule has 0 spiro atoms. The highest BCUT2D eigenvalue weighted by Crippen LogP contribution is 2.31. The van der Waals surface area contributed by atoms with E-state index >= 15 is 0 Å². The van der Waals surface area contributed by atoms with Gasteiger partial charge in [0, 0.05) is 28.5 Å². The zero-order chi connectivity index (χ0) is 18.0. The zero-order valence-electron chi connectivity index (χ0n) is 12.6. The number of rotatable bonds is 5. The average molecular weight is 396 g/mol. The zero-order valence-corrected chi connectivity index (χ0v) is 14.9. The number of aromatic nitrogens is 3. The van der Waals surface area contributed by atoms with E-state index in [-0.39, 0.29) is 5.69 Å². The van der Waals surface area contributed by atoms with E-state index in [0.717, 1.165) is 5.56 Å². The van der Waals surface area contributed by atoms with Crippen LogP contribution in [0.15, 0.2) is 47.6 Å². The maximum atomic E-state index is 10.8. The first-order valence-electron chi connectivity index (χ1n) is 6.98. The summed E-state index contributed by atoms with van der Waals surface area (Å²) >= 11 is 13.4. The number of halogens is 2. The molecule has 0 bridgehead atoms. The molecule has 2 N–H and O–H groups in total. The van der Waals surface area contributed by atoms with Gasteiger partial charge in [0.05, 0.1) is 9.95 Å². The molecule has 3 rings (SSSR count). The third-order valence-electron chi connectivity index (χ3n) is 3.33. The molecular formula is C15H11Cl2N5O2S. The fourth-order valence-electron chi connectivity index (χ4n) is 2.14. The molecule has 0 radical (unpaired) electrons. The first-order valence-corrected chi connectivity index (χ1v) is 8.72. The van der Waals surface area contributed by atoms with Crippen molar-refractivity contribution in [1.82, 2.24) is 14.9 Å². The van der Waals surface area contributed by atoms with Crippen LogP contribution in [0.5, 0.6) is 0 Å². The van der Waals surface area contributed by atoms with Crippen molar-refractivity contribution < 1.29 is 4.92 Å². The Hall–Kier alpha value is -2.29. The molecule has 0 atom stereocenters. The van der Waals surface area contributed by atoms with E-state index < -0.39 is 4.92 Å². The van der Waals surface area contributed by atoms with Crippen LogP contribution < -0.4 is 5.84 Å². The lowest BCUT2D eigenvalue weighted by atomic mass is 10.2. The van der Waals surface area contributed by atoms with E-state index in [9.17, 15) is 10.1 Å². The minimum Gasteiger partial charge on any atom is -0.335 e. The molecule has 0 aliphatic rings. The number of nitro groups is 1. The molecular weight excluding hydrogens is 385 g/mol. The topological polar surface area (TPSA) is 99.9 Å². The molecule has 0 fully saturated rings. The predicted octanol–water partition coefficient (Wildman–Crippen LogP) is 4.17. The average Bonchev–Trinajstić information content (AvgIpc) is 2.94. The number of nitrogens with two attached hydrogens (primary N) is 1. The maximum absolute atomic E-state index is 10.8. The molecule has 1 aromatic heterocycles. The number of nitrogen functional groups attached to an aromatic ring is 1. The molecule has 0 saturated carbocycles. The van der Waals surface area contributed by atoms with Crippen molar-refractivity contribution in [3.8, 4) is 11.4 Å². The van der Waals surface area contributed by atoms with Gasteiger partial charge in [-0.05, 0) is 23.8 Å². The molecule has 10 heteroatoms. The summed E-state index contributed by atoms with van der Waals surface area (Å²) in [4.78, 5) is 10.4. The number of thioether (sulfide) groups is 1. The second-order valence-corrected chi connectivity index (χ2v) is 6.80. The second-order valence-electron chi connectivity index (χ2n) is 5.02. The Bertz CT molecular complexity index is 947. The molecule has 1 heterocycles. The molecule has 0 amide bonds. The van der Waals surface area contributed by atoms with Gasteiger partial charge >= 0.3 is 0 Å². The summed E-state index contributed by atoms with van der Waals surface area (Å²) in [7, 11) is 0. The monoisotopic (exact) mass is 395 g/mol. The smallest absolute Gasteiger partial charge is 0.269 e. The highest BCUT2D eigenvalue weighted by atomic mass is 35.5. The summed E-state index contributed by atoms with van der Waals surface area (Å²) in [5.41, 5.74) is 1.44. The maximum Gasteiger partial charge on any atom is 0.269 e. The van der Waals surface area contributed by atoms with Gasteiger partial charge in [-0.3, -0.25) is 10.1 Å². The summed E-state index contributed by atoms with van der Waals surface area (Å²) in [5, 5.41) is 20.3. The van der Waals surface area contributed by atoms with Gasteiger partial charge in [0.15, 0.2) is 5.82 Å².